The zero-order chi connectivity index (χ0) is 13.9. The van der Waals surface area contributed by atoms with Crippen LogP contribution < -0.4 is 4.72 Å². The van der Waals surface area contributed by atoms with Crippen molar-refractivity contribution in [2.24, 2.45) is 5.92 Å². The molecule has 0 aromatic rings. The van der Waals surface area contributed by atoms with E-state index in [9.17, 15) is 8.42 Å². The third-order valence-electron chi connectivity index (χ3n) is 4.15. The minimum atomic E-state index is -3.26. The topological polar surface area (TPSA) is 55.4 Å². The molecule has 1 saturated carbocycles. The Kier molecular flexibility index (Phi) is 5.31. The van der Waals surface area contributed by atoms with E-state index in [4.69, 9.17) is 4.74 Å². The largest absolute Gasteiger partial charge is 0.377 e. The van der Waals surface area contributed by atoms with E-state index in [1.165, 1.54) is 6.42 Å². The first-order chi connectivity index (χ1) is 8.95. The maximum absolute atomic E-state index is 12.3. The summed E-state index contributed by atoms with van der Waals surface area (Å²) in [4.78, 5) is 0. The lowest BCUT2D eigenvalue weighted by Crippen LogP contribution is -2.53. The average molecular weight is 354 g/mol. The van der Waals surface area contributed by atoms with E-state index in [0.717, 1.165) is 32.1 Å². The van der Waals surface area contributed by atoms with Crippen molar-refractivity contribution in [3.63, 3.8) is 0 Å². The van der Waals surface area contributed by atoms with Crippen molar-refractivity contribution in [2.75, 3.05) is 17.7 Å². The highest BCUT2D eigenvalue weighted by atomic mass is 79.9. The van der Waals surface area contributed by atoms with E-state index in [1.54, 1.807) is 0 Å². The fraction of sp³-hybridized carbons (Fsp3) is 1.00. The molecule has 2 aliphatic rings. The average Bonchev–Trinajstić information content (AvgIpc) is 2.80. The molecule has 0 aromatic heterocycles. The van der Waals surface area contributed by atoms with Crippen LogP contribution in [0.4, 0.5) is 0 Å². The standard InChI is InChI=1S/C13H24BrNO3S/c1-11-4-2-6-13(8-11,10-14)15-19(16,17)9-12-5-3-7-18-12/h11-12,15H,2-10H2,1H3. The molecule has 2 fully saturated rings. The van der Waals surface area contributed by atoms with Crippen LogP contribution in [-0.4, -0.2) is 37.8 Å². The highest BCUT2D eigenvalue weighted by molar-refractivity contribution is 9.09. The van der Waals surface area contributed by atoms with E-state index in [-0.39, 0.29) is 17.4 Å². The molecule has 0 bridgehead atoms. The molecule has 3 atom stereocenters. The van der Waals surface area contributed by atoms with E-state index < -0.39 is 10.0 Å². The summed E-state index contributed by atoms with van der Waals surface area (Å²) in [6.07, 6.45) is 5.85. The lowest BCUT2D eigenvalue weighted by molar-refractivity contribution is 0.127. The molecule has 1 N–H and O–H groups in total. The molecule has 0 amide bonds. The summed E-state index contributed by atoms with van der Waals surface area (Å²) in [6.45, 7) is 2.89. The Labute approximate surface area is 124 Å². The Balaban J connectivity index is 1.99. The van der Waals surface area contributed by atoms with Crippen LogP contribution in [0.3, 0.4) is 0 Å². The molecule has 112 valence electrons. The molecular formula is C13H24BrNO3S. The molecule has 19 heavy (non-hydrogen) atoms. The monoisotopic (exact) mass is 353 g/mol. The summed E-state index contributed by atoms with van der Waals surface area (Å²) >= 11 is 3.50. The summed E-state index contributed by atoms with van der Waals surface area (Å²) in [6, 6.07) is 0. The van der Waals surface area contributed by atoms with Gasteiger partial charge in [0.25, 0.3) is 0 Å². The molecular weight excluding hydrogens is 330 g/mol. The van der Waals surface area contributed by atoms with E-state index in [2.05, 4.69) is 27.6 Å². The number of nitrogens with one attached hydrogen (secondary N) is 1. The van der Waals surface area contributed by atoms with Crippen LogP contribution >= 0.6 is 15.9 Å². The number of sulfonamides is 1. The van der Waals surface area contributed by atoms with Crippen molar-refractivity contribution < 1.29 is 13.2 Å². The summed E-state index contributed by atoms with van der Waals surface area (Å²) in [5.74, 6) is 0.688. The van der Waals surface area contributed by atoms with Crippen LogP contribution in [-0.2, 0) is 14.8 Å². The number of alkyl halides is 1. The van der Waals surface area contributed by atoms with Gasteiger partial charge in [-0.05, 0) is 31.6 Å². The highest BCUT2D eigenvalue weighted by Gasteiger charge is 2.38. The Bertz CT molecular complexity index is 395. The number of hydrogen-bond donors (Lipinski definition) is 1. The van der Waals surface area contributed by atoms with Crippen molar-refractivity contribution in [1.82, 2.24) is 4.72 Å². The second-order valence-electron chi connectivity index (χ2n) is 6.13. The summed E-state index contributed by atoms with van der Waals surface area (Å²) in [7, 11) is -3.26. The number of rotatable bonds is 5. The van der Waals surface area contributed by atoms with Gasteiger partial charge in [0.15, 0.2) is 0 Å². The predicted octanol–water partition coefficient (Wildman–Crippen LogP) is 2.43. The van der Waals surface area contributed by atoms with Gasteiger partial charge in [-0.2, -0.15) is 0 Å². The Morgan fingerprint density at radius 2 is 2.16 bits per heavy atom. The fourth-order valence-corrected chi connectivity index (χ4v) is 5.88. The van der Waals surface area contributed by atoms with E-state index in [1.807, 2.05) is 0 Å². The zero-order valence-corrected chi connectivity index (χ0v) is 13.9. The number of hydrogen-bond acceptors (Lipinski definition) is 3. The molecule has 1 heterocycles. The third kappa shape index (κ3) is 4.41. The smallest absolute Gasteiger partial charge is 0.214 e. The number of halogens is 1. The molecule has 2 rings (SSSR count). The SMILES string of the molecule is CC1CCCC(CBr)(NS(=O)(=O)CC2CCCO2)C1. The van der Waals surface area contributed by atoms with Gasteiger partial charge in [0, 0.05) is 17.5 Å². The molecule has 3 unspecified atom stereocenters. The van der Waals surface area contributed by atoms with Gasteiger partial charge in [-0.1, -0.05) is 35.7 Å². The first-order valence-corrected chi connectivity index (χ1v) is 9.91. The van der Waals surface area contributed by atoms with Gasteiger partial charge < -0.3 is 4.74 Å². The normalized spacial score (nSPS) is 36.5. The van der Waals surface area contributed by atoms with Crippen LogP contribution in [0.15, 0.2) is 0 Å². The van der Waals surface area contributed by atoms with Gasteiger partial charge >= 0.3 is 0 Å². The quantitative estimate of drug-likeness (QED) is 0.772. The summed E-state index contributed by atoms with van der Waals surface area (Å²) in [5.41, 5.74) is -0.297. The molecule has 0 radical (unpaired) electrons. The van der Waals surface area contributed by atoms with Gasteiger partial charge in [-0.15, -0.1) is 0 Å². The Hall–Kier alpha value is 0.350. The number of ether oxygens (including phenoxy) is 1. The minimum absolute atomic E-state index is 0.107. The lowest BCUT2D eigenvalue weighted by Gasteiger charge is -2.39. The van der Waals surface area contributed by atoms with E-state index >= 15 is 0 Å². The van der Waals surface area contributed by atoms with Gasteiger partial charge in [0.1, 0.15) is 0 Å². The van der Waals surface area contributed by atoms with Crippen LogP contribution in [0.2, 0.25) is 0 Å². The second kappa shape index (κ2) is 6.41. The Morgan fingerprint density at radius 1 is 1.37 bits per heavy atom. The second-order valence-corrected chi connectivity index (χ2v) is 8.46. The van der Waals surface area contributed by atoms with Crippen molar-refractivity contribution >= 4 is 26.0 Å². The van der Waals surface area contributed by atoms with Gasteiger partial charge in [-0.25, -0.2) is 13.1 Å². The third-order valence-corrected chi connectivity index (χ3v) is 6.78. The molecule has 0 spiro atoms. The highest BCUT2D eigenvalue weighted by Crippen LogP contribution is 2.34. The van der Waals surface area contributed by atoms with Crippen LogP contribution in [0.1, 0.15) is 45.4 Å². The maximum atomic E-state index is 12.3. The lowest BCUT2D eigenvalue weighted by atomic mass is 9.78. The fourth-order valence-electron chi connectivity index (χ4n) is 3.29. The van der Waals surface area contributed by atoms with Crippen LogP contribution in [0.25, 0.3) is 0 Å². The van der Waals surface area contributed by atoms with Gasteiger partial charge in [-0.3, -0.25) is 0 Å². The first-order valence-electron chi connectivity index (χ1n) is 7.14. The minimum Gasteiger partial charge on any atom is -0.377 e. The molecule has 6 heteroatoms. The van der Waals surface area contributed by atoms with Crippen molar-refractivity contribution in [2.45, 2.75) is 57.1 Å². The summed E-state index contributed by atoms with van der Waals surface area (Å²) < 4.78 is 33.0. The maximum Gasteiger partial charge on any atom is 0.214 e. The first kappa shape index (κ1) is 15.7. The van der Waals surface area contributed by atoms with Crippen LogP contribution in [0, 0.1) is 5.92 Å². The van der Waals surface area contributed by atoms with E-state index in [0.29, 0.717) is 17.9 Å². The molecule has 0 aromatic carbocycles. The molecule has 1 aliphatic carbocycles. The van der Waals surface area contributed by atoms with Crippen molar-refractivity contribution in [1.29, 1.82) is 0 Å². The molecule has 4 nitrogen and oxygen atoms in total. The van der Waals surface area contributed by atoms with Crippen LogP contribution in [0.5, 0.6) is 0 Å². The van der Waals surface area contributed by atoms with Crippen molar-refractivity contribution in [3.8, 4) is 0 Å². The molecule has 1 aliphatic heterocycles. The zero-order valence-electron chi connectivity index (χ0n) is 11.5. The summed E-state index contributed by atoms with van der Waals surface area (Å²) in [5, 5.41) is 0.690. The van der Waals surface area contributed by atoms with Gasteiger partial charge in [0.05, 0.1) is 11.9 Å². The Morgan fingerprint density at radius 3 is 2.74 bits per heavy atom. The predicted molar refractivity (Wildman–Crippen MR) is 80.1 cm³/mol. The van der Waals surface area contributed by atoms with Gasteiger partial charge in [0.2, 0.25) is 10.0 Å². The molecule has 1 saturated heterocycles. The van der Waals surface area contributed by atoms with Crippen molar-refractivity contribution in [3.05, 3.63) is 0 Å².